The summed E-state index contributed by atoms with van der Waals surface area (Å²) in [6, 6.07) is 6.09. The second-order valence-corrected chi connectivity index (χ2v) is 10.1. The third kappa shape index (κ3) is 5.54. The van der Waals surface area contributed by atoms with E-state index < -0.39 is 17.6 Å². The van der Waals surface area contributed by atoms with Crippen molar-refractivity contribution in [2.75, 3.05) is 31.1 Å². The van der Waals surface area contributed by atoms with Crippen LogP contribution in [0.25, 0.3) is 0 Å². The van der Waals surface area contributed by atoms with Crippen LogP contribution in [0.15, 0.2) is 18.2 Å². The summed E-state index contributed by atoms with van der Waals surface area (Å²) in [5.41, 5.74) is 2.15. The Labute approximate surface area is 195 Å². The molecule has 3 aliphatic rings. The van der Waals surface area contributed by atoms with Gasteiger partial charge < -0.3 is 9.80 Å². The summed E-state index contributed by atoms with van der Waals surface area (Å²) in [4.78, 5) is 41.5. The van der Waals surface area contributed by atoms with Crippen LogP contribution in [-0.4, -0.2) is 72.0 Å². The monoisotopic (exact) mass is 458 g/mol. The Morgan fingerprint density at radius 1 is 1.21 bits per heavy atom. The smallest absolute Gasteiger partial charge is 0.249 e. The molecule has 4 rings (SSSR count). The largest absolute Gasteiger partial charge is 0.371 e. The molecule has 1 aromatic carbocycles. The molecule has 180 valence electrons. The average Bonchev–Trinajstić information content (AvgIpc) is 2.78. The summed E-state index contributed by atoms with van der Waals surface area (Å²) < 4.78 is 14.5. The molecule has 3 amide bonds. The number of hydrogen-bond acceptors (Lipinski definition) is 5. The second-order valence-electron chi connectivity index (χ2n) is 10.1. The minimum absolute atomic E-state index is 0.247. The van der Waals surface area contributed by atoms with E-state index in [0.717, 1.165) is 55.7 Å². The Morgan fingerprint density at radius 2 is 1.97 bits per heavy atom. The maximum absolute atomic E-state index is 14.5. The summed E-state index contributed by atoms with van der Waals surface area (Å²) in [6.07, 6.45) is 4.96. The third-order valence-electron chi connectivity index (χ3n) is 7.45. The Balaban J connectivity index is 1.35. The van der Waals surface area contributed by atoms with Gasteiger partial charge in [0.2, 0.25) is 18.2 Å². The van der Waals surface area contributed by atoms with Gasteiger partial charge in [0.1, 0.15) is 11.7 Å². The number of amides is 3. The number of piperidine rings is 3. The van der Waals surface area contributed by atoms with Gasteiger partial charge in [0.05, 0.1) is 0 Å². The number of likely N-dealkylation sites (tertiary alicyclic amines) is 1. The molecule has 3 fully saturated rings. The first-order valence-electron chi connectivity index (χ1n) is 12.1. The van der Waals surface area contributed by atoms with E-state index in [1.807, 2.05) is 13.0 Å². The highest BCUT2D eigenvalue weighted by Crippen LogP contribution is 2.30. The predicted octanol–water partition coefficient (Wildman–Crippen LogP) is 2.55. The van der Waals surface area contributed by atoms with Crippen LogP contribution < -0.4 is 10.2 Å². The average molecular weight is 459 g/mol. The molecule has 0 bridgehead atoms. The number of imide groups is 1. The van der Waals surface area contributed by atoms with Crippen LogP contribution in [0.1, 0.15) is 56.6 Å². The fraction of sp³-hybridized carbons (Fsp3) is 0.640. The molecule has 0 radical (unpaired) electrons. The van der Waals surface area contributed by atoms with Gasteiger partial charge in [-0.25, -0.2) is 4.39 Å². The van der Waals surface area contributed by atoms with Gasteiger partial charge in [0, 0.05) is 44.3 Å². The molecule has 1 N–H and O–H groups in total. The van der Waals surface area contributed by atoms with Crippen LogP contribution in [0.5, 0.6) is 0 Å². The zero-order chi connectivity index (χ0) is 23.6. The number of nitrogens with one attached hydrogen (secondary N) is 1. The standard InChI is InChI=1S/C25H35FN4O3/c1-18-14-21(28-12-8-20(9-13-28)29-11-3-10-25(2,26)16-29)5-4-19(18)15-30(17-31)22-6-7-23(32)27-24(22)33/h4-5,14,17,20,22H,3,6-13,15-16H2,1-2H3,(H,27,32,33). The highest BCUT2D eigenvalue weighted by atomic mass is 19.1. The maximum Gasteiger partial charge on any atom is 0.249 e. The molecule has 2 atom stereocenters. The van der Waals surface area contributed by atoms with Crippen molar-refractivity contribution in [1.82, 2.24) is 15.1 Å². The predicted molar refractivity (Wildman–Crippen MR) is 125 cm³/mol. The first kappa shape index (κ1) is 23.7. The van der Waals surface area contributed by atoms with E-state index in [4.69, 9.17) is 0 Å². The lowest BCUT2D eigenvalue weighted by Crippen LogP contribution is -2.52. The number of nitrogens with zero attached hydrogens (tertiary/aromatic N) is 3. The number of halogens is 1. The first-order chi connectivity index (χ1) is 15.8. The number of aryl methyl sites for hydroxylation is 1. The molecule has 0 saturated carbocycles. The normalized spacial score (nSPS) is 27.4. The molecule has 3 aliphatic heterocycles. The van der Waals surface area contributed by atoms with E-state index >= 15 is 0 Å². The molecule has 7 nitrogen and oxygen atoms in total. The number of alkyl halides is 1. The molecule has 3 saturated heterocycles. The molecular formula is C25H35FN4O3. The maximum atomic E-state index is 14.5. The number of hydrogen-bond donors (Lipinski definition) is 1. The lowest BCUT2D eigenvalue weighted by Gasteiger charge is -2.44. The molecular weight excluding hydrogens is 423 g/mol. The summed E-state index contributed by atoms with van der Waals surface area (Å²) in [5.74, 6) is -0.692. The Morgan fingerprint density at radius 3 is 2.61 bits per heavy atom. The van der Waals surface area contributed by atoms with E-state index in [1.54, 1.807) is 6.92 Å². The third-order valence-corrected chi connectivity index (χ3v) is 7.45. The lowest BCUT2D eigenvalue weighted by atomic mass is 9.93. The molecule has 8 heteroatoms. The van der Waals surface area contributed by atoms with Crippen LogP contribution in [0.2, 0.25) is 0 Å². The Hall–Kier alpha value is -2.48. The minimum Gasteiger partial charge on any atom is -0.371 e. The molecule has 0 aromatic heterocycles. The Bertz CT molecular complexity index is 898. The van der Waals surface area contributed by atoms with Crippen LogP contribution in [0.3, 0.4) is 0 Å². The molecule has 2 unspecified atom stereocenters. The van der Waals surface area contributed by atoms with Crippen molar-refractivity contribution >= 4 is 23.9 Å². The SMILES string of the molecule is Cc1cc(N2CCC(N3CCCC(C)(F)C3)CC2)ccc1CN(C=O)C1CCC(=O)NC1=O. The summed E-state index contributed by atoms with van der Waals surface area (Å²) in [6.45, 7) is 7.52. The van der Waals surface area contributed by atoms with Crippen molar-refractivity contribution in [2.24, 2.45) is 0 Å². The number of anilines is 1. The first-order valence-corrected chi connectivity index (χ1v) is 12.1. The van der Waals surface area contributed by atoms with Gasteiger partial charge in [-0.05, 0) is 75.8 Å². The van der Waals surface area contributed by atoms with Gasteiger partial charge in [-0.2, -0.15) is 0 Å². The molecule has 3 heterocycles. The van der Waals surface area contributed by atoms with Crippen molar-refractivity contribution in [1.29, 1.82) is 0 Å². The quantitative estimate of drug-likeness (QED) is 0.524. The van der Waals surface area contributed by atoms with Crippen molar-refractivity contribution in [3.05, 3.63) is 29.3 Å². The van der Waals surface area contributed by atoms with E-state index in [-0.39, 0.29) is 12.3 Å². The zero-order valence-electron chi connectivity index (χ0n) is 19.7. The number of benzene rings is 1. The highest BCUT2D eigenvalue weighted by molar-refractivity contribution is 6.00. The van der Waals surface area contributed by atoms with Gasteiger partial charge in [0.25, 0.3) is 0 Å². The number of rotatable bonds is 6. The highest BCUT2D eigenvalue weighted by Gasteiger charge is 2.35. The van der Waals surface area contributed by atoms with Crippen LogP contribution >= 0.6 is 0 Å². The molecule has 1 aromatic rings. The number of carbonyl (C=O) groups is 3. The van der Waals surface area contributed by atoms with Crippen LogP contribution in [0, 0.1) is 6.92 Å². The van der Waals surface area contributed by atoms with Crippen molar-refractivity contribution in [3.8, 4) is 0 Å². The van der Waals surface area contributed by atoms with Gasteiger partial charge >= 0.3 is 0 Å². The summed E-state index contributed by atoms with van der Waals surface area (Å²) >= 11 is 0. The van der Waals surface area contributed by atoms with Gasteiger partial charge in [-0.1, -0.05) is 6.07 Å². The number of carbonyl (C=O) groups excluding carboxylic acids is 3. The molecule has 33 heavy (non-hydrogen) atoms. The molecule has 0 aliphatic carbocycles. The second kappa shape index (κ2) is 9.79. The van der Waals surface area contributed by atoms with Crippen molar-refractivity contribution in [3.63, 3.8) is 0 Å². The Kier molecular flexibility index (Phi) is 7.02. The topological polar surface area (TPSA) is 73.0 Å². The fourth-order valence-corrected chi connectivity index (χ4v) is 5.50. The van der Waals surface area contributed by atoms with Crippen molar-refractivity contribution in [2.45, 2.75) is 76.7 Å². The van der Waals surface area contributed by atoms with Crippen molar-refractivity contribution < 1.29 is 18.8 Å². The van der Waals surface area contributed by atoms with E-state index in [9.17, 15) is 18.8 Å². The zero-order valence-corrected chi connectivity index (χ0v) is 19.7. The van der Waals surface area contributed by atoms with Gasteiger partial charge in [-0.15, -0.1) is 0 Å². The fourth-order valence-electron chi connectivity index (χ4n) is 5.50. The van der Waals surface area contributed by atoms with Crippen LogP contribution in [0.4, 0.5) is 10.1 Å². The lowest BCUT2D eigenvalue weighted by molar-refractivity contribution is -0.141. The van der Waals surface area contributed by atoms with E-state index in [2.05, 4.69) is 27.2 Å². The van der Waals surface area contributed by atoms with E-state index in [0.29, 0.717) is 38.4 Å². The van der Waals surface area contributed by atoms with Gasteiger partial charge in [-0.3, -0.25) is 24.6 Å². The summed E-state index contributed by atoms with van der Waals surface area (Å²) in [5, 5.41) is 2.32. The van der Waals surface area contributed by atoms with Gasteiger partial charge in [0.15, 0.2) is 0 Å². The van der Waals surface area contributed by atoms with Crippen LogP contribution in [-0.2, 0) is 20.9 Å². The molecule has 0 spiro atoms. The minimum atomic E-state index is -1.06. The summed E-state index contributed by atoms with van der Waals surface area (Å²) in [7, 11) is 0. The van der Waals surface area contributed by atoms with E-state index in [1.165, 1.54) is 4.90 Å².